The molecule has 0 saturated heterocycles. The number of rotatable bonds is 3. The molecular weight excluding hydrogens is 384 g/mol. The van der Waals surface area contributed by atoms with Crippen molar-refractivity contribution in [3.63, 3.8) is 0 Å². The zero-order valence-corrected chi connectivity index (χ0v) is 15.8. The van der Waals surface area contributed by atoms with Crippen LogP contribution in [-0.4, -0.2) is 11.7 Å². The van der Waals surface area contributed by atoms with Gasteiger partial charge in [-0.25, -0.2) is 4.79 Å². The van der Waals surface area contributed by atoms with Gasteiger partial charge in [0.15, 0.2) is 0 Å². The number of benzene rings is 2. The zero-order valence-electron chi connectivity index (χ0n) is 14.2. The molecule has 0 aliphatic rings. The first-order chi connectivity index (χ1) is 11.7. The molecular formula is C18H19BrN4O2. The number of nitrogens with two attached hydrogens (primary N) is 1. The van der Waals surface area contributed by atoms with Gasteiger partial charge in [0.25, 0.3) is 0 Å². The highest BCUT2D eigenvalue weighted by molar-refractivity contribution is 9.10. The number of halogens is 1. The monoisotopic (exact) mass is 402 g/mol. The Labute approximate surface area is 155 Å². The van der Waals surface area contributed by atoms with Gasteiger partial charge in [0.05, 0.1) is 28.7 Å². The average Bonchev–Trinajstić information content (AvgIpc) is 2.50. The summed E-state index contributed by atoms with van der Waals surface area (Å²) in [5.74, 6) is 0. The number of amides is 1. The fraction of sp³-hybridized carbons (Fsp3) is 0.222. The van der Waals surface area contributed by atoms with Crippen molar-refractivity contribution in [3.8, 4) is 6.07 Å². The molecule has 2 aromatic rings. The van der Waals surface area contributed by atoms with E-state index in [0.29, 0.717) is 22.6 Å². The first kappa shape index (κ1) is 18.6. The summed E-state index contributed by atoms with van der Waals surface area (Å²) in [6, 6.07) is 12.4. The van der Waals surface area contributed by atoms with Crippen LogP contribution >= 0.6 is 15.9 Å². The molecule has 130 valence electrons. The van der Waals surface area contributed by atoms with Gasteiger partial charge in [-0.15, -0.1) is 0 Å². The van der Waals surface area contributed by atoms with E-state index in [1.54, 1.807) is 57.2 Å². The molecule has 0 bridgehead atoms. The number of nitrogen functional groups attached to an aromatic ring is 1. The van der Waals surface area contributed by atoms with Crippen LogP contribution in [0, 0.1) is 11.3 Å². The summed E-state index contributed by atoms with van der Waals surface area (Å²) in [6.07, 6.45) is -0.539. The van der Waals surface area contributed by atoms with Crippen LogP contribution in [-0.2, 0) is 4.74 Å². The molecule has 0 aliphatic carbocycles. The Morgan fingerprint density at radius 1 is 1.20 bits per heavy atom. The van der Waals surface area contributed by atoms with Crippen molar-refractivity contribution in [2.24, 2.45) is 0 Å². The fourth-order valence-corrected chi connectivity index (χ4v) is 2.47. The van der Waals surface area contributed by atoms with Crippen molar-refractivity contribution in [2.45, 2.75) is 26.4 Å². The molecule has 0 unspecified atom stereocenters. The van der Waals surface area contributed by atoms with Gasteiger partial charge < -0.3 is 15.8 Å². The van der Waals surface area contributed by atoms with Crippen LogP contribution in [0.1, 0.15) is 26.3 Å². The first-order valence-corrected chi connectivity index (χ1v) is 8.33. The van der Waals surface area contributed by atoms with Gasteiger partial charge in [-0.2, -0.15) is 5.26 Å². The fourth-order valence-electron chi connectivity index (χ4n) is 1.99. The molecule has 0 spiro atoms. The Morgan fingerprint density at radius 2 is 1.92 bits per heavy atom. The number of hydrogen-bond acceptors (Lipinski definition) is 5. The zero-order chi connectivity index (χ0) is 18.6. The van der Waals surface area contributed by atoms with Gasteiger partial charge in [0.2, 0.25) is 0 Å². The minimum atomic E-state index is -0.577. The van der Waals surface area contributed by atoms with Gasteiger partial charge in [-0.1, -0.05) is 0 Å². The topological polar surface area (TPSA) is 100 Å². The lowest BCUT2D eigenvalue weighted by Gasteiger charge is -2.20. The molecule has 4 N–H and O–H groups in total. The van der Waals surface area contributed by atoms with Crippen molar-refractivity contribution in [1.82, 2.24) is 0 Å². The number of anilines is 4. The van der Waals surface area contributed by atoms with Crippen molar-refractivity contribution < 1.29 is 9.53 Å². The lowest BCUT2D eigenvalue weighted by molar-refractivity contribution is 0.0636. The van der Waals surface area contributed by atoms with Crippen LogP contribution in [0.25, 0.3) is 0 Å². The van der Waals surface area contributed by atoms with E-state index in [0.717, 1.165) is 10.2 Å². The van der Waals surface area contributed by atoms with Gasteiger partial charge in [0.1, 0.15) is 5.60 Å². The Balaban J connectivity index is 2.19. The predicted molar refractivity (Wildman–Crippen MR) is 103 cm³/mol. The minimum absolute atomic E-state index is 0.519. The molecule has 0 saturated carbocycles. The lowest BCUT2D eigenvalue weighted by atomic mass is 10.2. The second kappa shape index (κ2) is 7.45. The van der Waals surface area contributed by atoms with Crippen LogP contribution in [0.15, 0.2) is 40.9 Å². The standard InChI is InChI=1S/C18H19BrN4O2/c1-18(2,3)25-17(24)22-12-5-6-14(21)16(9-12)23-15-7-4-11(10-20)8-13(15)19/h4-9,23H,21H2,1-3H3,(H,22,24). The molecule has 0 heterocycles. The maximum atomic E-state index is 11.9. The van der Waals surface area contributed by atoms with E-state index in [1.165, 1.54) is 0 Å². The molecule has 2 rings (SSSR count). The Morgan fingerprint density at radius 3 is 2.52 bits per heavy atom. The molecule has 2 aromatic carbocycles. The van der Waals surface area contributed by atoms with E-state index in [4.69, 9.17) is 15.7 Å². The Bertz CT molecular complexity index is 838. The largest absolute Gasteiger partial charge is 0.444 e. The number of nitrogens with zero attached hydrogens (tertiary/aromatic N) is 1. The molecule has 7 heteroatoms. The number of ether oxygens (including phenoxy) is 1. The maximum Gasteiger partial charge on any atom is 0.412 e. The lowest BCUT2D eigenvalue weighted by Crippen LogP contribution is -2.27. The summed E-state index contributed by atoms with van der Waals surface area (Å²) < 4.78 is 5.97. The Kier molecular flexibility index (Phi) is 5.55. The SMILES string of the molecule is CC(C)(C)OC(=O)Nc1ccc(N)c(Nc2ccc(C#N)cc2Br)c1. The molecule has 25 heavy (non-hydrogen) atoms. The molecule has 0 radical (unpaired) electrons. The van der Waals surface area contributed by atoms with Crippen LogP contribution in [0.3, 0.4) is 0 Å². The van der Waals surface area contributed by atoms with E-state index in [1.807, 2.05) is 0 Å². The molecule has 1 amide bonds. The van der Waals surface area contributed by atoms with E-state index in [2.05, 4.69) is 32.6 Å². The molecule has 0 aromatic heterocycles. The van der Waals surface area contributed by atoms with Crippen molar-refractivity contribution in [2.75, 3.05) is 16.4 Å². The van der Waals surface area contributed by atoms with Crippen LogP contribution in [0.5, 0.6) is 0 Å². The number of carbonyl (C=O) groups excluding carboxylic acids is 1. The number of nitriles is 1. The summed E-state index contributed by atoms with van der Waals surface area (Å²) in [5, 5.41) is 14.8. The predicted octanol–water partition coefficient (Wildman–Crippen LogP) is 4.99. The number of hydrogen-bond donors (Lipinski definition) is 3. The summed E-state index contributed by atoms with van der Waals surface area (Å²) in [6.45, 7) is 5.39. The summed E-state index contributed by atoms with van der Waals surface area (Å²) in [5.41, 5.74) is 8.42. The van der Waals surface area contributed by atoms with Crippen LogP contribution in [0.2, 0.25) is 0 Å². The van der Waals surface area contributed by atoms with Crippen LogP contribution < -0.4 is 16.4 Å². The molecule has 6 nitrogen and oxygen atoms in total. The summed E-state index contributed by atoms with van der Waals surface area (Å²) in [7, 11) is 0. The third kappa shape index (κ3) is 5.40. The normalized spacial score (nSPS) is 10.7. The molecule has 0 atom stereocenters. The highest BCUT2D eigenvalue weighted by atomic mass is 79.9. The quantitative estimate of drug-likeness (QED) is 0.627. The van der Waals surface area contributed by atoms with Gasteiger partial charge in [0, 0.05) is 10.2 Å². The molecule has 0 fully saturated rings. The third-order valence-corrected chi connectivity index (χ3v) is 3.72. The van der Waals surface area contributed by atoms with Gasteiger partial charge in [-0.05, 0) is 73.1 Å². The van der Waals surface area contributed by atoms with E-state index < -0.39 is 11.7 Å². The smallest absolute Gasteiger partial charge is 0.412 e. The van der Waals surface area contributed by atoms with Crippen molar-refractivity contribution >= 4 is 44.8 Å². The molecule has 0 aliphatic heterocycles. The second-order valence-corrected chi connectivity index (χ2v) is 7.21. The Hall–Kier alpha value is -2.72. The van der Waals surface area contributed by atoms with Crippen molar-refractivity contribution in [1.29, 1.82) is 5.26 Å². The minimum Gasteiger partial charge on any atom is -0.444 e. The van der Waals surface area contributed by atoms with E-state index >= 15 is 0 Å². The summed E-state index contributed by atoms with van der Waals surface area (Å²) in [4.78, 5) is 11.9. The number of carbonyl (C=O) groups is 1. The van der Waals surface area contributed by atoms with Gasteiger partial charge in [-0.3, -0.25) is 5.32 Å². The first-order valence-electron chi connectivity index (χ1n) is 7.54. The average molecular weight is 403 g/mol. The van der Waals surface area contributed by atoms with E-state index in [-0.39, 0.29) is 0 Å². The maximum absolute atomic E-state index is 11.9. The summed E-state index contributed by atoms with van der Waals surface area (Å²) >= 11 is 3.42. The highest BCUT2D eigenvalue weighted by Crippen LogP contribution is 2.31. The van der Waals surface area contributed by atoms with Gasteiger partial charge >= 0.3 is 6.09 Å². The number of nitrogens with one attached hydrogen (secondary N) is 2. The third-order valence-electron chi connectivity index (χ3n) is 3.07. The second-order valence-electron chi connectivity index (χ2n) is 6.36. The van der Waals surface area contributed by atoms with E-state index in [9.17, 15) is 4.79 Å². The van der Waals surface area contributed by atoms with Crippen LogP contribution in [0.4, 0.5) is 27.5 Å². The highest BCUT2D eigenvalue weighted by Gasteiger charge is 2.16. The van der Waals surface area contributed by atoms with Crippen molar-refractivity contribution in [3.05, 3.63) is 46.4 Å².